The lowest BCUT2D eigenvalue weighted by molar-refractivity contribution is -0.133. The summed E-state index contributed by atoms with van der Waals surface area (Å²) < 4.78 is 6.05. The van der Waals surface area contributed by atoms with Gasteiger partial charge >= 0.3 is 0 Å². The van der Waals surface area contributed by atoms with Crippen molar-refractivity contribution < 1.29 is 14.3 Å². The van der Waals surface area contributed by atoms with Gasteiger partial charge in [0.05, 0.1) is 6.54 Å². The van der Waals surface area contributed by atoms with Crippen LogP contribution in [0.15, 0.2) is 42.7 Å². The fourth-order valence-electron chi connectivity index (χ4n) is 3.27. The summed E-state index contributed by atoms with van der Waals surface area (Å²) >= 11 is 0. The van der Waals surface area contributed by atoms with Gasteiger partial charge in [-0.3, -0.25) is 9.59 Å². The van der Waals surface area contributed by atoms with Gasteiger partial charge in [-0.2, -0.15) is 0 Å². The van der Waals surface area contributed by atoms with Gasteiger partial charge < -0.3 is 14.5 Å². The van der Waals surface area contributed by atoms with Gasteiger partial charge in [-0.05, 0) is 12.8 Å². The van der Waals surface area contributed by atoms with Gasteiger partial charge in [0.1, 0.15) is 6.10 Å². The number of rotatable bonds is 7. The Kier molecular flexibility index (Phi) is 6.57. The van der Waals surface area contributed by atoms with Gasteiger partial charge in [-0.25, -0.2) is 9.97 Å². The molecule has 1 aliphatic heterocycles. The number of hydrogen-bond acceptors (Lipinski definition) is 6. The maximum absolute atomic E-state index is 12.6. The minimum atomic E-state index is -0.127. The molecule has 7 heteroatoms. The molecule has 0 saturated carbocycles. The zero-order valence-electron chi connectivity index (χ0n) is 16.4. The third kappa shape index (κ3) is 5.06. The van der Waals surface area contributed by atoms with Crippen molar-refractivity contribution in [3.63, 3.8) is 0 Å². The number of piperidine rings is 1. The summed E-state index contributed by atoms with van der Waals surface area (Å²) in [4.78, 5) is 37.0. The molecule has 1 saturated heterocycles. The lowest BCUT2D eigenvalue weighted by Gasteiger charge is -2.33. The van der Waals surface area contributed by atoms with Crippen LogP contribution in [0.5, 0.6) is 5.88 Å². The molecule has 0 spiro atoms. The molecule has 1 aromatic carbocycles. The molecule has 1 amide bonds. The summed E-state index contributed by atoms with van der Waals surface area (Å²) in [5, 5.41) is 0. The molecule has 3 rings (SSSR count). The maximum atomic E-state index is 12.6. The van der Waals surface area contributed by atoms with Gasteiger partial charge in [0.25, 0.3) is 5.88 Å². The average molecular weight is 382 g/mol. The Balaban J connectivity index is 1.54. The Morgan fingerprint density at radius 2 is 1.89 bits per heavy atom. The van der Waals surface area contributed by atoms with Gasteiger partial charge in [0, 0.05) is 51.4 Å². The van der Waals surface area contributed by atoms with E-state index in [2.05, 4.69) is 9.97 Å². The maximum Gasteiger partial charge on any atom is 0.257 e. The van der Waals surface area contributed by atoms with E-state index in [0.717, 1.165) is 12.8 Å². The van der Waals surface area contributed by atoms with Crippen LogP contribution in [0.2, 0.25) is 0 Å². The van der Waals surface area contributed by atoms with Crippen LogP contribution in [0.4, 0.5) is 5.82 Å². The zero-order valence-corrected chi connectivity index (χ0v) is 16.4. The van der Waals surface area contributed by atoms with E-state index < -0.39 is 0 Å². The van der Waals surface area contributed by atoms with Crippen LogP contribution in [-0.2, 0) is 4.79 Å². The van der Waals surface area contributed by atoms with Crippen LogP contribution in [-0.4, -0.2) is 59.8 Å². The molecule has 0 radical (unpaired) electrons. The molecule has 1 atom stereocenters. The highest BCUT2D eigenvalue weighted by Gasteiger charge is 2.26. The van der Waals surface area contributed by atoms with Crippen molar-refractivity contribution in [3.05, 3.63) is 48.3 Å². The first-order valence-corrected chi connectivity index (χ1v) is 9.55. The zero-order chi connectivity index (χ0) is 19.9. The van der Waals surface area contributed by atoms with Crippen LogP contribution < -0.4 is 9.64 Å². The summed E-state index contributed by atoms with van der Waals surface area (Å²) in [5.74, 6) is 1.13. The normalized spacial score (nSPS) is 16.5. The summed E-state index contributed by atoms with van der Waals surface area (Å²) in [5.41, 5.74) is 0.647. The van der Waals surface area contributed by atoms with E-state index in [0.29, 0.717) is 30.4 Å². The second-order valence-electron chi connectivity index (χ2n) is 7.09. The number of hydrogen-bond donors (Lipinski definition) is 0. The van der Waals surface area contributed by atoms with Crippen molar-refractivity contribution >= 4 is 17.5 Å². The monoisotopic (exact) mass is 382 g/mol. The molecule has 1 fully saturated rings. The average Bonchev–Trinajstić information content (AvgIpc) is 2.73. The minimum Gasteiger partial charge on any atom is -0.470 e. The molecule has 1 aliphatic rings. The number of ketones is 1. The van der Waals surface area contributed by atoms with E-state index in [1.807, 2.05) is 37.2 Å². The van der Waals surface area contributed by atoms with E-state index >= 15 is 0 Å². The summed E-state index contributed by atoms with van der Waals surface area (Å²) in [6.45, 7) is 1.20. The minimum absolute atomic E-state index is 0.00561. The molecule has 2 aromatic rings. The van der Waals surface area contributed by atoms with E-state index in [-0.39, 0.29) is 30.6 Å². The number of likely N-dealkylation sites (tertiary alicyclic amines) is 1. The largest absolute Gasteiger partial charge is 0.470 e. The number of anilines is 1. The Morgan fingerprint density at radius 3 is 2.64 bits per heavy atom. The molecule has 2 heterocycles. The molecular formula is C21H26N4O3. The number of carbonyl (C=O) groups excluding carboxylic acids is 2. The van der Waals surface area contributed by atoms with Crippen molar-refractivity contribution in [3.8, 4) is 5.88 Å². The predicted octanol–water partition coefficient (Wildman–Crippen LogP) is 2.58. The number of amides is 1. The first-order valence-electron chi connectivity index (χ1n) is 9.55. The van der Waals surface area contributed by atoms with Crippen molar-refractivity contribution in [2.24, 2.45) is 0 Å². The highest BCUT2D eigenvalue weighted by atomic mass is 16.5. The first-order chi connectivity index (χ1) is 13.5. The highest BCUT2D eigenvalue weighted by Crippen LogP contribution is 2.24. The van der Waals surface area contributed by atoms with E-state index in [1.165, 1.54) is 0 Å². The second-order valence-corrected chi connectivity index (χ2v) is 7.09. The Morgan fingerprint density at radius 1 is 1.14 bits per heavy atom. The lowest BCUT2D eigenvalue weighted by Crippen LogP contribution is -2.44. The molecule has 7 nitrogen and oxygen atoms in total. The molecule has 0 N–H and O–H groups in total. The van der Waals surface area contributed by atoms with Crippen LogP contribution in [0.1, 0.15) is 36.0 Å². The summed E-state index contributed by atoms with van der Waals surface area (Å²) in [7, 11) is 3.77. The van der Waals surface area contributed by atoms with Crippen LogP contribution in [0.3, 0.4) is 0 Å². The lowest BCUT2D eigenvalue weighted by atomic mass is 10.0. The quantitative estimate of drug-likeness (QED) is 0.685. The summed E-state index contributed by atoms with van der Waals surface area (Å²) in [6, 6.07) is 9.09. The molecule has 28 heavy (non-hydrogen) atoms. The first kappa shape index (κ1) is 19.8. The number of nitrogens with zero attached hydrogens (tertiary/aromatic N) is 4. The van der Waals surface area contributed by atoms with Crippen molar-refractivity contribution in [1.29, 1.82) is 0 Å². The fourth-order valence-corrected chi connectivity index (χ4v) is 3.27. The SMILES string of the molecule is CN(C)c1nccnc1OC1CCCN(C(=O)CCC(=O)c2ccccc2)C1. The van der Waals surface area contributed by atoms with Crippen LogP contribution in [0.25, 0.3) is 0 Å². The smallest absolute Gasteiger partial charge is 0.257 e. The van der Waals surface area contributed by atoms with Gasteiger partial charge in [-0.15, -0.1) is 0 Å². The van der Waals surface area contributed by atoms with Crippen molar-refractivity contribution in [2.75, 3.05) is 32.1 Å². The van der Waals surface area contributed by atoms with Gasteiger partial charge in [0.2, 0.25) is 5.91 Å². The standard InChI is InChI=1S/C21H26N4O3/c1-24(2)20-21(23-13-12-22-20)28-17-9-6-14-25(15-17)19(27)11-10-18(26)16-7-4-3-5-8-16/h3-5,7-8,12-13,17H,6,9-11,14-15H2,1-2H3. The van der Waals surface area contributed by atoms with Crippen molar-refractivity contribution in [1.82, 2.24) is 14.9 Å². The molecular weight excluding hydrogens is 356 g/mol. The van der Waals surface area contributed by atoms with Gasteiger partial charge in [0.15, 0.2) is 11.6 Å². The Labute approximate surface area is 165 Å². The number of carbonyl (C=O) groups is 2. The molecule has 0 bridgehead atoms. The number of aromatic nitrogens is 2. The van der Waals surface area contributed by atoms with Crippen molar-refractivity contribution in [2.45, 2.75) is 31.8 Å². The second kappa shape index (κ2) is 9.30. The van der Waals surface area contributed by atoms with E-state index in [1.54, 1.807) is 29.4 Å². The third-order valence-electron chi connectivity index (χ3n) is 4.74. The Bertz CT molecular complexity index is 810. The fraction of sp³-hybridized carbons (Fsp3) is 0.429. The van der Waals surface area contributed by atoms with E-state index in [9.17, 15) is 9.59 Å². The molecule has 1 aromatic heterocycles. The van der Waals surface area contributed by atoms with Gasteiger partial charge in [-0.1, -0.05) is 30.3 Å². The highest BCUT2D eigenvalue weighted by molar-refractivity contribution is 5.97. The topological polar surface area (TPSA) is 75.6 Å². The van der Waals surface area contributed by atoms with E-state index in [4.69, 9.17) is 4.74 Å². The summed E-state index contributed by atoms with van der Waals surface area (Å²) in [6.07, 6.45) is 5.26. The predicted molar refractivity (Wildman–Crippen MR) is 107 cm³/mol. The number of ether oxygens (including phenoxy) is 1. The number of Topliss-reactive ketones (excluding diaryl/α,β-unsaturated/α-hetero) is 1. The third-order valence-corrected chi connectivity index (χ3v) is 4.74. The number of benzene rings is 1. The van der Waals surface area contributed by atoms with Crippen LogP contribution >= 0.6 is 0 Å². The molecule has 0 aliphatic carbocycles. The Hall–Kier alpha value is -2.96. The molecule has 1 unspecified atom stereocenters. The molecule has 148 valence electrons. The van der Waals surface area contributed by atoms with Crippen LogP contribution in [0, 0.1) is 0 Å².